The zero-order valence-electron chi connectivity index (χ0n) is 16.2. The van der Waals surface area contributed by atoms with Crippen molar-refractivity contribution in [3.63, 3.8) is 0 Å². The molecule has 1 aromatic carbocycles. The molecular formula is C19H28ClN5O. The van der Waals surface area contributed by atoms with E-state index in [1.165, 1.54) is 11.1 Å². The zero-order valence-corrected chi connectivity index (χ0v) is 17.0. The second-order valence-electron chi connectivity index (χ2n) is 6.25. The summed E-state index contributed by atoms with van der Waals surface area (Å²) in [5.41, 5.74) is 4.56. The molecule has 0 fully saturated rings. The molecule has 0 atom stereocenters. The standard InChI is InChI=1S/C19H28ClN5O/c1-14-18(15(2)25(23-14)10-11-26-5)12-22-19(21-3)24(4)13-16-6-8-17(20)9-7-16/h6-9H,10-13H2,1-5H3,(H,21,22). The number of nitrogens with zero attached hydrogens (tertiary/aromatic N) is 4. The van der Waals surface area contributed by atoms with Gasteiger partial charge in [-0.25, -0.2) is 0 Å². The lowest BCUT2D eigenvalue weighted by Gasteiger charge is -2.22. The summed E-state index contributed by atoms with van der Waals surface area (Å²) in [7, 11) is 5.52. The molecule has 0 aliphatic heterocycles. The molecule has 0 bridgehead atoms. The van der Waals surface area contributed by atoms with Crippen LogP contribution in [0.15, 0.2) is 29.3 Å². The van der Waals surface area contributed by atoms with Gasteiger partial charge in [0.1, 0.15) is 0 Å². The number of benzene rings is 1. The fraction of sp³-hybridized carbons (Fsp3) is 0.474. The van der Waals surface area contributed by atoms with Gasteiger partial charge in [0.2, 0.25) is 0 Å². The molecule has 7 heteroatoms. The number of guanidine groups is 1. The van der Waals surface area contributed by atoms with Crippen LogP contribution in [-0.4, -0.2) is 48.5 Å². The van der Waals surface area contributed by atoms with Crippen molar-refractivity contribution in [1.82, 2.24) is 20.0 Å². The van der Waals surface area contributed by atoms with E-state index in [0.717, 1.165) is 35.5 Å². The van der Waals surface area contributed by atoms with Crippen LogP contribution in [0.1, 0.15) is 22.5 Å². The lowest BCUT2D eigenvalue weighted by molar-refractivity contribution is 0.182. The fourth-order valence-electron chi connectivity index (χ4n) is 2.88. The molecule has 0 saturated carbocycles. The van der Waals surface area contributed by atoms with Crippen LogP contribution < -0.4 is 5.32 Å². The first kappa shape index (κ1) is 20.3. The third-order valence-corrected chi connectivity index (χ3v) is 4.62. The Kier molecular flexibility index (Phi) is 7.48. The minimum atomic E-state index is 0.653. The summed E-state index contributed by atoms with van der Waals surface area (Å²) in [5.74, 6) is 0.836. The Hall–Kier alpha value is -2.05. The van der Waals surface area contributed by atoms with E-state index in [-0.39, 0.29) is 0 Å². The van der Waals surface area contributed by atoms with Crippen LogP contribution in [0.4, 0.5) is 0 Å². The fourth-order valence-corrected chi connectivity index (χ4v) is 3.00. The van der Waals surface area contributed by atoms with Crippen LogP contribution in [0.3, 0.4) is 0 Å². The van der Waals surface area contributed by atoms with Crippen LogP contribution in [0, 0.1) is 13.8 Å². The molecule has 0 radical (unpaired) electrons. The normalized spacial score (nSPS) is 11.7. The molecule has 0 aliphatic rings. The maximum Gasteiger partial charge on any atom is 0.193 e. The summed E-state index contributed by atoms with van der Waals surface area (Å²) < 4.78 is 7.15. The van der Waals surface area contributed by atoms with Gasteiger partial charge in [0.05, 0.1) is 18.8 Å². The number of methoxy groups -OCH3 is 1. The van der Waals surface area contributed by atoms with Gasteiger partial charge in [-0.15, -0.1) is 0 Å². The van der Waals surface area contributed by atoms with Gasteiger partial charge in [0.15, 0.2) is 5.96 Å². The molecular weight excluding hydrogens is 350 g/mol. The van der Waals surface area contributed by atoms with Crippen LogP contribution >= 0.6 is 11.6 Å². The Bertz CT molecular complexity index is 739. The molecule has 142 valence electrons. The molecule has 26 heavy (non-hydrogen) atoms. The van der Waals surface area contributed by atoms with E-state index in [2.05, 4.69) is 27.2 Å². The maximum atomic E-state index is 5.95. The largest absolute Gasteiger partial charge is 0.383 e. The molecule has 6 nitrogen and oxygen atoms in total. The third kappa shape index (κ3) is 5.22. The predicted octanol–water partition coefficient (Wildman–Crippen LogP) is 3.01. The Morgan fingerprint density at radius 2 is 2.00 bits per heavy atom. The van der Waals surface area contributed by atoms with E-state index in [0.29, 0.717) is 13.2 Å². The highest BCUT2D eigenvalue weighted by Gasteiger charge is 2.13. The first-order chi connectivity index (χ1) is 12.5. The third-order valence-electron chi connectivity index (χ3n) is 4.37. The Balaban J connectivity index is 2.00. The van der Waals surface area contributed by atoms with E-state index in [1.807, 2.05) is 42.9 Å². The minimum Gasteiger partial charge on any atom is -0.383 e. The van der Waals surface area contributed by atoms with Crippen molar-refractivity contribution in [2.24, 2.45) is 4.99 Å². The van der Waals surface area contributed by atoms with Crippen molar-refractivity contribution >= 4 is 17.6 Å². The predicted molar refractivity (Wildman–Crippen MR) is 107 cm³/mol. The molecule has 2 rings (SSSR count). The summed E-state index contributed by atoms with van der Waals surface area (Å²) in [4.78, 5) is 6.48. The van der Waals surface area contributed by atoms with Crippen molar-refractivity contribution in [3.8, 4) is 0 Å². The quantitative estimate of drug-likeness (QED) is 0.595. The summed E-state index contributed by atoms with van der Waals surface area (Å²) in [6, 6.07) is 7.87. The van der Waals surface area contributed by atoms with Gasteiger partial charge in [-0.05, 0) is 31.5 Å². The highest BCUT2D eigenvalue weighted by Crippen LogP contribution is 2.14. The van der Waals surface area contributed by atoms with Crippen LogP contribution in [0.5, 0.6) is 0 Å². The SMILES string of the molecule is CN=C(NCc1c(C)nn(CCOC)c1C)N(C)Cc1ccc(Cl)cc1. The Labute approximate surface area is 160 Å². The molecule has 1 aromatic heterocycles. The van der Waals surface area contributed by atoms with Crippen LogP contribution in [-0.2, 0) is 24.4 Å². The average Bonchev–Trinajstić information content (AvgIpc) is 2.89. The van der Waals surface area contributed by atoms with Gasteiger partial charge in [0, 0.05) is 50.6 Å². The monoisotopic (exact) mass is 377 g/mol. The molecule has 1 N–H and O–H groups in total. The second kappa shape index (κ2) is 9.59. The number of aromatic nitrogens is 2. The zero-order chi connectivity index (χ0) is 19.1. The number of aryl methyl sites for hydroxylation is 1. The first-order valence-electron chi connectivity index (χ1n) is 8.64. The number of nitrogens with one attached hydrogen (secondary N) is 1. The van der Waals surface area contributed by atoms with Crippen LogP contribution in [0.2, 0.25) is 5.02 Å². The van der Waals surface area contributed by atoms with Crippen LogP contribution in [0.25, 0.3) is 0 Å². The molecule has 2 aromatic rings. The molecule has 0 saturated heterocycles. The van der Waals surface area contributed by atoms with Gasteiger partial charge in [-0.3, -0.25) is 9.67 Å². The molecule has 0 unspecified atom stereocenters. The number of aliphatic imine (C=N–C) groups is 1. The van der Waals surface area contributed by atoms with E-state index >= 15 is 0 Å². The van der Waals surface area contributed by atoms with E-state index in [9.17, 15) is 0 Å². The lowest BCUT2D eigenvalue weighted by Crippen LogP contribution is -2.38. The van der Waals surface area contributed by atoms with Crippen molar-refractivity contribution in [3.05, 3.63) is 51.8 Å². The van der Waals surface area contributed by atoms with Gasteiger partial charge in [-0.1, -0.05) is 23.7 Å². The number of rotatable bonds is 7. The first-order valence-corrected chi connectivity index (χ1v) is 9.02. The number of ether oxygens (including phenoxy) is 1. The summed E-state index contributed by atoms with van der Waals surface area (Å²) in [5, 5.41) is 8.78. The Morgan fingerprint density at radius 1 is 1.31 bits per heavy atom. The maximum absolute atomic E-state index is 5.95. The molecule has 0 aliphatic carbocycles. The summed E-state index contributed by atoms with van der Waals surface area (Å²) in [6.07, 6.45) is 0. The summed E-state index contributed by atoms with van der Waals surface area (Å²) >= 11 is 5.95. The van der Waals surface area contributed by atoms with E-state index in [1.54, 1.807) is 14.2 Å². The molecule has 0 amide bonds. The van der Waals surface area contributed by atoms with Crippen molar-refractivity contribution in [1.29, 1.82) is 0 Å². The lowest BCUT2D eigenvalue weighted by atomic mass is 10.2. The minimum absolute atomic E-state index is 0.653. The van der Waals surface area contributed by atoms with Crippen molar-refractivity contribution in [2.45, 2.75) is 33.5 Å². The van der Waals surface area contributed by atoms with Gasteiger partial charge < -0.3 is 15.0 Å². The number of halogens is 1. The number of hydrogen-bond acceptors (Lipinski definition) is 3. The smallest absolute Gasteiger partial charge is 0.193 e. The highest BCUT2D eigenvalue weighted by molar-refractivity contribution is 6.30. The summed E-state index contributed by atoms with van der Waals surface area (Å²) in [6.45, 7) is 6.97. The van der Waals surface area contributed by atoms with Gasteiger partial charge in [0.25, 0.3) is 0 Å². The van der Waals surface area contributed by atoms with Crippen molar-refractivity contribution < 1.29 is 4.74 Å². The number of hydrogen-bond donors (Lipinski definition) is 1. The molecule has 1 heterocycles. The van der Waals surface area contributed by atoms with Crippen molar-refractivity contribution in [2.75, 3.05) is 27.8 Å². The topological polar surface area (TPSA) is 54.7 Å². The second-order valence-corrected chi connectivity index (χ2v) is 6.69. The van der Waals surface area contributed by atoms with E-state index < -0.39 is 0 Å². The average molecular weight is 378 g/mol. The highest BCUT2D eigenvalue weighted by atomic mass is 35.5. The van der Waals surface area contributed by atoms with Gasteiger partial charge >= 0.3 is 0 Å². The Morgan fingerprint density at radius 3 is 2.62 bits per heavy atom. The van der Waals surface area contributed by atoms with E-state index in [4.69, 9.17) is 16.3 Å². The molecule has 0 spiro atoms. The van der Waals surface area contributed by atoms with Gasteiger partial charge in [-0.2, -0.15) is 5.10 Å².